The molecule has 7 heterocycles. The summed E-state index contributed by atoms with van der Waals surface area (Å²) in [7, 11) is 0. The van der Waals surface area contributed by atoms with Crippen LogP contribution in [0.2, 0.25) is 0 Å². The number of ether oxygens (including phenoxy) is 4. The number of anilines is 2. The number of aliphatic hydroxyl groups excluding tert-OH is 2. The van der Waals surface area contributed by atoms with Crippen LogP contribution < -0.4 is 25.6 Å². The fourth-order valence-corrected chi connectivity index (χ4v) is 11.6. The second kappa shape index (κ2) is 28.1. The molecule has 20 nitrogen and oxygen atoms in total. The molecule has 0 saturated carbocycles. The molecular formula is C61H76F3N11O9S. The van der Waals surface area contributed by atoms with Crippen LogP contribution in [0.25, 0.3) is 21.6 Å². The first kappa shape index (κ1) is 62.6. The zero-order valence-electron chi connectivity index (χ0n) is 48.8. The van der Waals surface area contributed by atoms with Crippen LogP contribution in [0.3, 0.4) is 0 Å². The van der Waals surface area contributed by atoms with Crippen molar-refractivity contribution in [2.75, 3.05) is 56.3 Å². The highest BCUT2D eigenvalue weighted by Gasteiger charge is 2.44. The lowest BCUT2D eigenvalue weighted by Crippen LogP contribution is -2.58. The van der Waals surface area contributed by atoms with Gasteiger partial charge in [0.1, 0.15) is 29.8 Å². The number of nitrogens with zero attached hydrogens (tertiary/aromatic N) is 8. The van der Waals surface area contributed by atoms with Crippen LogP contribution in [0.5, 0.6) is 5.88 Å². The van der Waals surface area contributed by atoms with Crippen molar-refractivity contribution in [2.45, 2.75) is 148 Å². The third-order valence-electron chi connectivity index (χ3n) is 15.5. The molecule has 5 N–H and O–H groups in total. The van der Waals surface area contributed by atoms with E-state index in [0.717, 1.165) is 52.4 Å². The SMILES string of the molecule is Cc1ncc(NC(=O)c2cccc(C(F)(F)F)c2)cc1-c1cnc(O[C@@H]2CCO[C@@H](COCc3cn(CCCCCC(=O)N[C@@H](C(=O)N4C[C@H](O)C[C@H]4C(O)N[C@@H](C)c4ccc(-c5scnc5C)cc4)C(C)(C)C)nn3)C2)c(N2CCOCC2)c1. The van der Waals surface area contributed by atoms with E-state index < -0.39 is 47.5 Å². The topological polar surface area (TPSA) is 241 Å². The summed E-state index contributed by atoms with van der Waals surface area (Å²) < 4.78 is 66.3. The van der Waals surface area contributed by atoms with Gasteiger partial charge in [-0.2, -0.15) is 13.2 Å². The lowest BCUT2D eigenvalue weighted by molar-refractivity contribution is -0.142. The van der Waals surface area contributed by atoms with Crippen molar-refractivity contribution < 1.29 is 56.7 Å². The Morgan fingerprint density at radius 2 is 1.71 bits per heavy atom. The summed E-state index contributed by atoms with van der Waals surface area (Å²) in [4.78, 5) is 59.1. The van der Waals surface area contributed by atoms with E-state index in [1.165, 1.54) is 23.2 Å². The summed E-state index contributed by atoms with van der Waals surface area (Å²) in [6, 6.07) is 14.2. The van der Waals surface area contributed by atoms with Crippen LogP contribution in [0, 0.1) is 19.3 Å². The minimum atomic E-state index is -4.59. The van der Waals surface area contributed by atoms with Gasteiger partial charge in [-0.3, -0.25) is 29.4 Å². The highest BCUT2D eigenvalue weighted by Crippen LogP contribution is 2.37. The molecule has 6 aromatic rings. The zero-order valence-corrected chi connectivity index (χ0v) is 49.6. The Kier molecular flexibility index (Phi) is 20.7. The number of unbranched alkanes of at least 4 members (excludes halogenated alkanes) is 2. The second-order valence-electron chi connectivity index (χ2n) is 23.1. The second-order valence-corrected chi connectivity index (χ2v) is 24.0. The van der Waals surface area contributed by atoms with E-state index in [-0.39, 0.29) is 61.6 Å². The molecule has 85 heavy (non-hydrogen) atoms. The van der Waals surface area contributed by atoms with Crippen molar-refractivity contribution in [1.82, 2.24) is 45.5 Å². The van der Waals surface area contributed by atoms with Gasteiger partial charge in [0.2, 0.25) is 17.7 Å². The van der Waals surface area contributed by atoms with Gasteiger partial charge >= 0.3 is 6.18 Å². The molecule has 3 saturated heterocycles. The third kappa shape index (κ3) is 16.5. The highest BCUT2D eigenvalue weighted by molar-refractivity contribution is 7.13. The van der Waals surface area contributed by atoms with Crippen LogP contribution >= 0.6 is 11.3 Å². The predicted molar refractivity (Wildman–Crippen MR) is 314 cm³/mol. The van der Waals surface area contributed by atoms with Crippen LogP contribution in [0.1, 0.15) is 117 Å². The summed E-state index contributed by atoms with van der Waals surface area (Å²) in [6.45, 7) is 15.3. The summed E-state index contributed by atoms with van der Waals surface area (Å²) >= 11 is 1.58. The summed E-state index contributed by atoms with van der Waals surface area (Å²) in [5.41, 5.74) is 6.88. The van der Waals surface area contributed by atoms with Crippen molar-refractivity contribution in [3.05, 3.63) is 119 Å². The predicted octanol–water partition coefficient (Wildman–Crippen LogP) is 8.45. The van der Waals surface area contributed by atoms with Crippen LogP contribution in [0.15, 0.2) is 84.8 Å². The van der Waals surface area contributed by atoms with Gasteiger partial charge in [0, 0.05) is 80.1 Å². The highest BCUT2D eigenvalue weighted by atomic mass is 32.1. The Balaban J connectivity index is 0.709. The Labute approximate surface area is 496 Å². The number of β-amino-alcohol motifs (C(OH)–C–C–N with tert-alkyl or cyclic N) is 1. The van der Waals surface area contributed by atoms with Crippen LogP contribution in [-0.4, -0.2) is 145 Å². The molecule has 456 valence electrons. The maximum absolute atomic E-state index is 14.2. The first-order chi connectivity index (χ1) is 40.7. The van der Waals surface area contributed by atoms with Gasteiger partial charge in [0.05, 0.1) is 91.0 Å². The average molecular weight is 1200 g/mol. The number of thiazole rings is 1. The van der Waals surface area contributed by atoms with Gasteiger partial charge in [-0.25, -0.2) is 9.97 Å². The quantitative estimate of drug-likeness (QED) is 0.0299. The van der Waals surface area contributed by atoms with Crippen LogP contribution in [-0.2, 0) is 43.1 Å². The van der Waals surface area contributed by atoms with Gasteiger partial charge in [-0.05, 0) is 86.9 Å². The van der Waals surface area contributed by atoms with Crippen molar-refractivity contribution in [3.8, 4) is 27.4 Å². The minimum absolute atomic E-state index is 0.0476. The molecule has 9 rings (SSSR count). The number of hydrogen-bond acceptors (Lipinski definition) is 17. The molecule has 3 aliphatic heterocycles. The maximum atomic E-state index is 14.2. The van der Waals surface area contributed by atoms with Gasteiger partial charge in [0.15, 0.2) is 0 Å². The number of hydrogen-bond donors (Lipinski definition) is 5. The zero-order chi connectivity index (χ0) is 60.4. The van der Waals surface area contributed by atoms with E-state index >= 15 is 0 Å². The van der Waals surface area contributed by atoms with Gasteiger partial charge in [0.25, 0.3) is 5.91 Å². The number of benzene rings is 2. The number of nitrogens with one attached hydrogen (secondary N) is 3. The summed E-state index contributed by atoms with van der Waals surface area (Å²) in [5, 5.41) is 39.7. The van der Waals surface area contributed by atoms with Crippen molar-refractivity contribution in [3.63, 3.8) is 0 Å². The van der Waals surface area contributed by atoms with Gasteiger partial charge in [-0.15, -0.1) is 16.4 Å². The molecule has 2 aromatic carbocycles. The van der Waals surface area contributed by atoms with E-state index in [2.05, 4.69) is 41.1 Å². The van der Waals surface area contributed by atoms with E-state index in [1.807, 2.05) is 83.6 Å². The number of carbonyl (C=O) groups is 3. The fourth-order valence-electron chi connectivity index (χ4n) is 10.8. The molecule has 0 aliphatic carbocycles. The molecule has 7 atom stereocenters. The van der Waals surface area contributed by atoms with Crippen LogP contribution in [0.4, 0.5) is 24.5 Å². The largest absolute Gasteiger partial charge is 0.473 e. The number of pyridine rings is 2. The third-order valence-corrected chi connectivity index (χ3v) is 16.5. The minimum Gasteiger partial charge on any atom is -0.473 e. The number of halogens is 3. The molecule has 24 heteroatoms. The number of morpholine rings is 1. The number of likely N-dealkylation sites (tertiary alicyclic amines) is 1. The van der Waals surface area contributed by atoms with E-state index in [1.54, 1.807) is 28.3 Å². The molecular weight excluding hydrogens is 1120 g/mol. The normalized spacial score (nSPS) is 19.6. The summed E-state index contributed by atoms with van der Waals surface area (Å²) in [5.74, 6) is -0.852. The number of rotatable bonds is 23. The monoisotopic (exact) mass is 1200 g/mol. The molecule has 3 aliphatic rings. The van der Waals surface area contributed by atoms with Crippen molar-refractivity contribution in [2.24, 2.45) is 5.41 Å². The lowest BCUT2D eigenvalue weighted by atomic mass is 9.85. The molecule has 4 aromatic heterocycles. The molecule has 0 bridgehead atoms. The lowest BCUT2D eigenvalue weighted by Gasteiger charge is -2.37. The Bertz CT molecular complexity index is 3220. The molecule has 3 fully saturated rings. The number of aryl methyl sites for hydroxylation is 3. The van der Waals surface area contributed by atoms with Gasteiger partial charge < -0.3 is 49.6 Å². The Morgan fingerprint density at radius 1 is 0.918 bits per heavy atom. The molecule has 0 radical (unpaired) electrons. The first-order valence-corrected chi connectivity index (χ1v) is 29.8. The Hall–Kier alpha value is -6.93. The smallest absolute Gasteiger partial charge is 0.416 e. The standard InChI is InChI=1S/C61H76F3N11O9S/c1-37(40-14-16-41(17-15-40)54-39(3)67-36-85-54)68-57(79)51-28-47(76)33-75(51)59(80)55(60(4,5)6)70-53(77)13-8-7-9-19-74-32-46(71-72-74)34-82-35-49-29-48(18-22-83-49)84-58-52(73-20-23-81-24-21-73)26-43(30-66-58)50-27-45(31-65-38(50)2)69-56(78)42-11-10-12-44(25-42)61(62,63)64/h10-12,14-17,25-27,30-32,36-37,47-49,51,55,57,68,76,79H,7-9,13,18-24,28-29,33-35H2,1-6H3,(H,69,78)(H,70,77)/t37-,47+,48+,49+,51-,55-,57?/m0/s1. The molecule has 1 unspecified atom stereocenters. The number of aliphatic hydroxyl groups is 2. The number of carbonyl (C=O) groups excluding carboxylic acids is 3. The number of aromatic nitrogens is 6. The first-order valence-electron chi connectivity index (χ1n) is 28.9. The van der Waals surface area contributed by atoms with E-state index in [4.69, 9.17) is 23.9 Å². The molecule has 3 amide bonds. The summed E-state index contributed by atoms with van der Waals surface area (Å²) in [6.07, 6.45) is 1.63. The van der Waals surface area contributed by atoms with Crippen molar-refractivity contribution >= 4 is 40.4 Å². The van der Waals surface area contributed by atoms with Gasteiger partial charge in [-0.1, -0.05) is 62.7 Å². The van der Waals surface area contributed by atoms with E-state index in [0.29, 0.717) is 99.4 Å². The fraction of sp³-hybridized carbons (Fsp3) is 0.508. The number of alkyl halides is 3. The Morgan fingerprint density at radius 3 is 2.45 bits per heavy atom. The number of amides is 3. The van der Waals surface area contributed by atoms with E-state index in [9.17, 15) is 37.8 Å². The van der Waals surface area contributed by atoms with Crippen molar-refractivity contribution in [1.29, 1.82) is 0 Å². The maximum Gasteiger partial charge on any atom is 0.416 e. The average Bonchev–Trinajstić information content (AvgIpc) is 4.23. The molecule has 0 spiro atoms.